The zero-order valence-electron chi connectivity index (χ0n) is 54.7. The molecule has 8 rings (SSSR count). The van der Waals surface area contributed by atoms with E-state index in [0.717, 1.165) is 33.1 Å². The van der Waals surface area contributed by atoms with Crippen LogP contribution in [0.2, 0.25) is 5.02 Å². The highest BCUT2D eigenvalue weighted by Gasteiger charge is 2.41. The second kappa shape index (κ2) is 33.2. The Hall–Kier alpha value is -9.30. The molecule has 3 aliphatic heterocycles. The van der Waals surface area contributed by atoms with Gasteiger partial charge in [0.15, 0.2) is 6.04 Å². The highest BCUT2D eigenvalue weighted by Crippen LogP contribution is 2.25. The van der Waals surface area contributed by atoms with E-state index in [0.29, 0.717) is 66.9 Å². The molecule has 3 saturated heterocycles. The van der Waals surface area contributed by atoms with Crippen LogP contribution in [-0.4, -0.2) is 220 Å². The first-order chi connectivity index (χ1) is 45.5. The molecule has 5 heterocycles. The van der Waals surface area contributed by atoms with Crippen molar-refractivity contribution in [2.24, 2.45) is 0 Å². The Morgan fingerprint density at radius 1 is 0.653 bits per heavy atom. The van der Waals surface area contributed by atoms with Crippen molar-refractivity contribution in [3.63, 3.8) is 0 Å². The van der Waals surface area contributed by atoms with E-state index in [2.05, 4.69) is 48.4 Å². The van der Waals surface area contributed by atoms with Crippen molar-refractivity contribution in [1.29, 1.82) is 0 Å². The number of aliphatic hydroxyl groups is 1. The number of aromatic nitrogens is 2. The van der Waals surface area contributed by atoms with Gasteiger partial charge >= 0.3 is 5.97 Å². The first-order valence-electron chi connectivity index (χ1n) is 32.4. The Morgan fingerprint density at radius 3 is 1.85 bits per heavy atom. The summed E-state index contributed by atoms with van der Waals surface area (Å²) in [4.78, 5) is 172. The van der Waals surface area contributed by atoms with Crippen molar-refractivity contribution in [3.05, 3.63) is 119 Å². The number of cyclic esters (lactones) is 1. The van der Waals surface area contributed by atoms with Gasteiger partial charge in [0.05, 0.1) is 19.6 Å². The molecule has 3 aliphatic rings. The number of carbonyl (C=O) groups is 11. The number of rotatable bonds is 11. The molecule has 5 aromatic rings. The predicted octanol–water partition coefficient (Wildman–Crippen LogP) is 2.51. The number of hydrogen-bond donors (Lipinski definition) is 9. The smallest absolute Gasteiger partial charge is 0.331 e. The SMILES string of the molecule is C=C1COC(=O)[C@H](CO)NC(=O)[C@H](Cc2c[nH]c3ccccc23)NC(=O)[C@H](CCCC)NC(=O)[C@H](Cc2c[nH]c3ccccc23)NC(=O)[C@H](C)NC(=O)CC(C(=O)N2CCCCC2)NC(=O)[C@@H]2CCCN2C(=O)CN(C)C(=O)[C@H](Cc2cccc(Cl)c2)N(C)C(=O)[C@H](C)N1C. The number of fused-ring (bicyclic) bond motifs is 3. The molecule has 0 aliphatic carbocycles. The third-order valence-corrected chi connectivity index (χ3v) is 18.3. The van der Waals surface area contributed by atoms with Crippen LogP contribution < -0.4 is 31.9 Å². The Labute approximate surface area is 556 Å². The van der Waals surface area contributed by atoms with Gasteiger partial charge in [0.1, 0.15) is 54.9 Å². The first kappa shape index (κ1) is 71.5. The van der Waals surface area contributed by atoms with Gasteiger partial charge in [0.25, 0.3) is 0 Å². The number of para-hydroxylation sites is 2. The summed E-state index contributed by atoms with van der Waals surface area (Å²) in [7, 11) is 4.34. The quantitative estimate of drug-likeness (QED) is 0.0859. The maximum atomic E-state index is 14.9. The Balaban J connectivity index is 1.12. The molecule has 26 nitrogen and oxygen atoms in total. The van der Waals surface area contributed by atoms with Crippen LogP contribution in [0.1, 0.15) is 95.2 Å². The van der Waals surface area contributed by atoms with Crippen molar-refractivity contribution in [3.8, 4) is 0 Å². The normalized spacial score (nSPS) is 24.7. The average molecular weight is 1330 g/mol. The van der Waals surface area contributed by atoms with E-state index >= 15 is 0 Å². The Morgan fingerprint density at radius 2 is 1.24 bits per heavy atom. The molecule has 0 saturated carbocycles. The van der Waals surface area contributed by atoms with E-state index < -0.39 is 146 Å². The Kier molecular flexibility index (Phi) is 25.0. The highest BCUT2D eigenvalue weighted by molar-refractivity contribution is 6.30. The number of likely N-dealkylation sites (tertiary alicyclic amines) is 1. The van der Waals surface area contributed by atoms with Crippen LogP contribution in [0.4, 0.5) is 0 Å². The second-order valence-corrected chi connectivity index (χ2v) is 25.3. The van der Waals surface area contributed by atoms with Gasteiger partial charge in [0.2, 0.25) is 59.1 Å². The zero-order chi connectivity index (χ0) is 68.6. The fraction of sp³-hybridized carbons (Fsp3) is 0.485. The van der Waals surface area contributed by atoms with Crippen LogP contribution in [0.3, 0.4) is 0 Å². The summed E-state index contributed by atoms with van der Waals surface area (Å²) >= 11 is 6.39. The number of aliphatic hydroxyl groups excluding tert-OH is 1. The molecule has 2 aromatic heterocycles. The Bertz CT molecular complexity index is 3640. The fourth-order valence-electron chi connectivity index (χ4n) is 12.3. The number of hydrogen-bond acceptors (Lipinski definition) is 14. The summed E-state index contributed by atoms with van der Waals surface area (Å²) in [6.45, 7) is 7.71. The molecule has 9 N–H and O–H groups in total. The third kappa shape index (κ3) is 18.3. The van der Waals surface area contributed by atoms with Gasteiger partial charge in [-0.15, -0.1) is 0 Å². The number of piperidine rings is 1. The van der Waals surface area contributed by atoms with Gasteiger partial charge in [-0.3, -0.25) is 47.9 Å². The van der Waals surface area contributed by atoms with E-state index in [9.17, 15) is 57.8 Å². The number of aromatic amines is 2. The van der Waals surface area contributed by atoms with Gasteiger partial charge in [-0.2, -0.15) is 0 Å². The molecule has 10 amide bonds. The minimum atomic E-state index is -1.69. The number of amides is 10. The lowest BCUT2D eigenvalue weighted by molar-refractivity contribution is -0.150. The number of H-pyrrole nitrogens is 2. The number of carbonyl (C=O) groups excluding carboxylic acids is 11. The molecule has 3 fully saturated rings. The number of nitrogens with zero attached hydrogens (tertiary/aromatic N) is 5. The average Bonchev–Trinajstić information content (AvgIpc) is 1.83. The molecule has 510 valence electrons. The summed E-state index contributed by atoms with van der Waals surface area (Å²) in [6, 6.07) is 9.27. The zero-order valence-corrected chi connectivity index (χ0v) is 55.4. The number of likely N-dealkylation sites (N-methyl/N-ethyl adjacent to an activating group) is 3. The molecule has 1 unspecified atom stereocenters. The van der Waals surface area contributed by atoms with Crippen molar-refractivity contribution < 1.29 is 62.6 Å². The summed E-state index contributed by atoms with van der Waals surface area (Å²) < 4.78 is 5.60. The van der Waals surface area contributed by atoms with Gasteiger partial charge < -0.3 is 76.2 Å². The number of benzene rings is 3. The van der Waals surface area contributed by atoms with Crippen molar-refractivity contribution >= 4 is 98.4 Å². The van der Waals surface area contributed by atoms with Gasteiger partial charge in [-0.05, 0) is 93.3 Å². The predicted molar refractivity (Wildman–Crippen MR) is 354 cm³/mol. The molecular formula is C68H88ClN13O13. The van der Waals surface area contributed by atoms with Gasteiger partial charge in [-0.1, -0.05) is 86.5 Å². The number of halogens is 1. The second-order valence-electron chi connectivity index (χ2n) is 24.8. The highest BCUT2D eigenvalue weighted by atomic mass is 35.5. The topological polar surface area (TPSA) is 337 Å². The van der Waals surface area contributed by atoms with Crippen LogP contribution in [-0.2, 0) is 76.7 Å². The van der Waals surface area contributed by atoms with Crippen LogP contribution in [0, 0.1) is 0 Å². The summed E-state index contributed by atoms with van der Waals surface area (Å²) in [5.41, 5.74) is 3.38. The number of esters is 1. The van der Waals surface area contributed by atoms with Gasteiger partial charge in [-0.25, -0.2) is 4.79 Å². The van der Waals surface area contributed by atoms with Crippen LogP contribution in [0.5, 0.6) is 0 Å². The minimum absolute atomic E-state index is 0.0454. The van der Waals surface area contributed by atoms with Gasteiger partial charge in [0, 0.05) is 105 Å². The molecule has 95 heavy (non-hydrogen) atoms. The van der Waals surface area contributed by atoms with Crippen LogP contribution >= 0.6 is 11.6 Å². The molecule has 27 heteroatoms. The summed E-state index contributed by atoms with van der Waals surface area (Å²) in [5.74, 6) is -8.28. The largest absolute Gasteiger partial charge is 0.458 e. The molecule has 0 bridgehead atoms. The van der Waals surface area contributed by atoms with E-state index in [4.69, 9.17) is 16.3 Å². The molecular weight excluding hydrogens is 1240 g/mol. The monoisotopic (exact) mass is 1330 g/mol. The summed E-state index contributed by atoms with van der Waals surface area (Å²) in [5, 5.41) is 28.8. The lowest BCUT2D eigenvalue weighted by atomic mass is 10.0. The maximum Gasteiger partial charge on any atom is 0.331 e. The van der Waals surface area contributed by atoms with E-state index in [-0.39, 0.29) is 44.3 Å². The number of nitrogens with one attached hydrogen (secondary N) is 8. The lowest BCUT2D eigenvalue weighted by Gasteiger charge is -2.36. The van der Waals surface area contributed by atoms with Crippen LogP contribution in [0.15, 0.2) is 97.5 Å². The number of ether oxygens (including phenoxy) is 1. The summed E-state index contributed by atoms with van der Waals surface area (Å²) in [6.07, 6.45) is 6.35. The lowest BCUT2D eigenvalue weighted by Crippen LogP contribution is -2.60. The first-order valence-corrected chi connectivity index (χ1v) is 32.8. The van der Waals surface area contributed by atoms with Crippen molar-refractivity contribution in [2.45, 2.75) is 152 Å². The molecule has 0 radical (unpaired) electrons. The van der Waals surface area contributed by atoms with E-state index in [1.54, 1.807) is 54.5 Å². The molecule has 9 atom stereocenters. The van der Waals surface area contributed by atoms with E-state index in [1.807, 2.05) is 49.4 Å². The molecule has 3 aromatic carbocycles. The van der Waals surface area contributed by atoms with Crippen LogP contribution in [0.25, 0.3) is 21.8 Å². The van der Waals surface area contributed by atoms with E-state index in [1.165, 1.54) is 42.8 Å². The standard InChI is InChI=1S/C68H88ClN13O13/c1-8-9-23-51-61(87)75-53(33-45-36-71-50-25-14-12-22-48(45)50)63(89)77-55(38-83)68(94)95-39-40(2)79(6)42(4)65(91)80(7)57(31-43-19-17-20-46(69)30-43)67(93)78(5)37-59(85)82-29-18-26-56(82)64(90)76-54(66(92)81-27-15-10-16-28-81)34-58(84)72-41(3)60(86)74-52(62(88)73-51)32-44-35-70-49-24-13-11-21-47(44)49/h11-14,17,19-22,24-25,30,35-36,41-42,51-57,70-71,83H,2,8-10,15-16,18,23,26-29,31-34,37-39H2,1,3-7H3,(H,72,84)(H,73,88)(H,74,86)(H,75,87)(H,76,90)(H,77,89)/t41-,42-,51-,52-,53-,54?,55-,56-,57-/m0/s1. The fourth-order valence-corrected chi connectivity index (χ4v) is 12.5. The van der Waals surface area contributed by atoms with Crippen molar-refractivity contribution in [1.82, 2.24) is 66.4 Å². The third-order valence-electron chi connectivity index (χ3n) is 18.0. The molecule has 0 spiro atoms. The maximum absolute atomic E-state index is 14.9. The minimum Gasteiger partial charge on any atom is -0.458 e. The number of unbranched alkanes of at least 4 members (excludes halogenated alkanes) is 1. The van der Waals surface area contributed by atoms with Crippen molar-refractivity contribution in [2.75, 3.05) is 60.5 Å².